The Kier molecular flexibility index (Phi) is 4.70. The van der Waals surface area contributed by atoms with Crippen molar-refractivity contribution < 1.29 is 23.0 Å². The molecule has 1 atom stereocenters. The first kappa shape index (κ1) is 17.0. The molecule has 2 aromatic heterocycles. The van der Waals surface area contributed by atoms with Gasteiger partial charge in [0.25, 0.3) is 0 Å². The van der Waals surface area contributed by atoms with Crippen molar-refractivity contribution in [1.29, 1.82) is 0 Å². The average molecular weight is 353 g/mol. The molecule has 2 heterocycles. The quantitative estimate of drug-likeness (QED) is 0.629. The predicted molar refractivity (Wildman–Crippen MR) is 83.1 cm³/mol. The van der Waals surface area contributed by atoms with Crippen LogP contribution in [0.15, 0.2) is 36.9 Å². The van der Waals surface area contributed by atoms with Crippen molar-refractivity contribution in [2.45, 2.75) is 12.3 Å². The minimum Gasteiger partial charge on any atom is -0.491 e. The first-order valence-electron chi connectivity index (χ1n) is 7.29. The van der Waals surface area contributed by atoms with E-state index in [2.05, 4.69) is 25.3 Å². The number of fused-ring (bicyclic) bond motifs is 1. The van der Waals surface area contributed by atoms with E-state index in [-0.39, 0.29) is 18.9 Å². The number of aromatic nitrogens is 4. The number of rotatable bonds is 6. The van der Waals surface area contributed by atoms with Gasteiger partial charge in [-0.1, -0.05) is 0 Å². The molecule has 132 valence electrons. The second-order valence-electron chi connectivity index (χ2n) is 5.19. The molecular weight excluding hydrogens is 339 g/mol. The second kappa shape index (κ2) is 6.93. The molecule has 0 aliphatic heterocycles. The third kappa shape index (κ3) is 4.15. The van der Waals surface area contributed by atoms with E-state index in [1.54, 1.807) is 0 Å². The molecule has 0 saturated heterocycles. The standard InChI is InChI=1S/C15H14F3N5O2/c16-15(17,18)9-1-3-11(4-2-9)25-6-10(24)5-19-13-12-14(21-7-20-12)23-8-22-13/h1-4,7-8,10,24H,5-6H2,(H2,19,20,21,22,23). The predicted octanol–water partition coefficient (Wildman–Crippen LogP) is 2.22. The molecule has 3 aromatic rings. The molecule has 1 unspecified atom stereocenters. The second-order valence-corrected chi connectivity index (χ2v) is 5.19. The highest BCUT2D eigenvalue weighted by molar-refractivity contribution is 5.81. The lowest BCUT2D eigenvalue weighted by molar-refractivity contribution is -0.137. The largest absolute Gasteiger partial charge is 0.491 e. The van der Waals surface area contributed by atoms with Crippen molar-refractivity contribution in [3.05, 3.63) is 42.5 Å². The summed E-state index contributed by atoms with van der Waals surface area (Å²) in [5.41, 5.74) is 0.348. The van der Waals surface area contributed by atoms with Crippen LogP contribution in [0.3, 0.4) is 0 Å². The topological polar surface area (TPSA) is 96.0 Å². The van der Waals surface area contributed by atoms with Crippen LogP contribution in [-0.2, 0) is 6.18 Å². The van der Waals surface area contributed by atoms with Crippen LogP contribution in [0.5, 0.6) is 5.75 Å². The maximum absolute atomic E-state index is 12.5. The Labute approximate surface area is 139 Å². The molecule has 0 aliphatic carbocycles. The monoisotopic (exact) mass is 353 g/mol. The fourth-order valence-electron chi connectivity index (χ4n) is 2.11. The number of aliphatic hydroxyl groups is 1. The number of anilines is 1. The average Bonchev–Trinajstić information content (AvgIpc) is 3.07. The highest BCUT2D eigenvalue weighted by atomic mass is 19.4. The molecule has 0 amide bonds. The summed E-state index contributed by atoms with van der Waals surface area (Å²) in [6, 6.07) is 4.27. The number of hydrogen-bond donors (Lipinski definition) is 3. The van der Waals surface area contributed by atoms with Gasteiger partial charge in [0, 0.05) is 6.54 Å². The molecule has 0 fully saturated rings. The molecular formula is C15H14F3N5O2. The van der Waals surface area contributed by atoms with Gasteiger partial charge in [-0.2, -0.15) is 13.2 Å². The maximum Gasteiger partial charge on any atom is 0.416 e. The van der Waals surface area contributed by atoms with Crippen molar-refractivity contribution in [2.24, 2.45) is 0 Å². The Balaban J connectivity index is 1.51. The van der Waals surface area contributed by atoms with Gasteiger partial charge in [-0.15, -0.1) is 0 Å². The SMILES string of the molecule is OC(CNc1ncnc2nc[nH]c12)COc1ccc(C(F)(F)F)cc1. The Hall–Kier alpha value is -2.88. The van der Waals surface area contributed by atoms with Crippen molar-refractivity contribution in [2.75, 3.05) is 18.5 Å². The van der Waals surface area contributed by atoms with Gasteiger partial charge in [-0.3, -0.25) is 0 Å². The van der Waals surface area contributed by atoms with Crippen LogP contribution < -0.4 is 10.1 Å². The summed E-state index contributed by atoms with van der Waals surface area (Å²) in [4.78, 5) is 14.9. The number of halogens is 3. The van der Waals surface area contributed by atoms with Crippen LogP contribution in [-0.4, -0.2) is 44.3 Å². The van der Waals surface area contributed by atoms with E-state index in [4.69, 9.17) is 4.74 Å². The van der Waals surface area contributed by atoms with Crippen LogP contribution >= 0.6 is 0 Å². The van der Waals surface area contributed by atoms with Gasteiger partial charge < -0.3 is 20.1 Å². The van der Waals surface area contributed by atoms with Crippen molar-refractivity contribution >= 4 is 17.0 Å². The summed E-state index contributed by atoms with van der Waals surface area (Å²) in [5, 5.41) is 12.9. The van der Waals surface area contributed by atoms with E-state index in [0.717, 1.165) is 12.1 Å². The van der Waals surface area contributed by atoms with E-state index < -0.39 is 17.8 Å². The smallest absolute Gasteiger partial charge is 0.416 e. The lowest BCUT2D eigenvalue weighted by atomic mass is 10.2. The third-order valence-corrected chi connectivity index (χ3v) is 3.35. The normalized spacial score (nSPS) is 13.0. The fraction of sp³-hybridized carbons (Fsp3) is 0.267. The number of aliphatic hydroxyl groups excluding tert-OH is 1. The summed E-state index contributed by atoms with van der Waals surface area (Å²) >= 11 is 0. The van der Waals surface area contributed by atoms with Crippen molar-refractivity contribution in [3.63, 3.8) is 0 Å². The molecule has 0 saturated carbocycles. The lowest BCUT2D eigenvalue weighted by Gasteiger charge is -2.14. The highest BCUT2D eigenvalue weighted by Crippen LogP contribution is 2.30. The van der Waals surface area contributed by atoms with Crippen LogP contribution in [0.4, 0.5) is 19.0 Å². The van der Waals surface area contributed by atoms with Gasteiger partial charge in [0.1, 0.15) is 30.3 Å². The molecule has 25 heavy (non-hydrogen) atoms. The van der Waals surface area contributed by atoms with Crippen LogP contribution in [0.2, 0.25) is 0 Å². The van der Waals surface area contributed by atoms with Crippen molar-refractivity contribution in [3.8, 4) is 5.75 Å². The molecule has 0 spiro atoms. The van der Waals surface area contributed by atoms with Crippen molar-refractivity contribution in [1.82, 2.24) is 19.9 Å². The lowest BCUT2D eigenvalue weighted by Crippen LogP contribution is -2.26. The molecule has 1 aromatic carbocycles. The highest BCUT2D eigenvalue weighted by Gasteiger charge is 2.30. The number of alkyl halides is 3. The van der Waals surface area contributed by atoms with E-state index in [1.807, 2.05) is 0 Å². The number of H-pyrrole nitrogens is 1. The molecule has 3 rings (SSSR count). The molecule has 0 bridgehead atoms. The van der Waals surface area contributed by atoms with E-state index in [0.29, 0.717) is 17.0 Å². The molecule has 0 radical (unpaired) electrons. The number of ether oxygens (including phenoxy) is 1. The number of aromatic amines is 1. The van der Waals surface area contributed by atoms with Gasteiger partial charge in [0.05, 0.1) is 11.9 Å². The fourth-order valence-corrected chi connectivity index (χ4v) is 2.11. The maximum atomic E-state index is 12.5. The van der Waals surface area contributed by atoms with Gasteiger partial charge >= 0.3 is 6.18 Å². The number of imidazole rings is 1. The molecule has 3 N–H and O–H groups in total. The van der Waals surface area contributed by atoms with Gasteiger partial charge in [-0.05, 0) is 24.3 Å². The van der Waals surface area contributed by atoms with Gasteiger partial charge in [-0.25, -0.2) is 15.0 Å². The Morgan fingerprint density at radius 1 is 1.16 bits per heavy atom. The number of nitrogens with zero attached hydrogens (tertiary/aromatic N) is 3. The van der Waals surface area contributed by atoms with Crippen LogP contribution in [0, 0.1) is 0 Å². The molecule has 0 aliphatic rings. The van der Waals surface area contributed by atoms with E-state index in [9.17, 15) is 18.3 Å². The molecule has 7 nitrogen and oxygen atoms in total. The Morgan fingerprint density at radius 2 is 1.92 bits per heavy atom. The Morgan fingerprint density at radius 3 is 2.64 bits per heavy atom. The Bertz CT molecular complexity index is 835. The number of benzene rings is 1. The minimum atomic E-state index is -4.39. The van der Waals surface area contributed by atoms with Gasteiger partial charge in [0.2, 0.25) is 0 Å². The number of hydrogen-bond acceptors (Lipinski definition) is 6. The summed E-state index contributed by atoms with van der Waals surface area (Å²) in [5.74, 6) is 0.723. The summed E-state index contributed by atoms with van der Waals surface area (Å²) in [6.07, 6.45) is -2.46. The molecule has 10 heteroatoms. The summed E-state index contributed by atoms with van der Waals surface area (Å²) in [7, 11) is 0. The first-order chi connectivity index (χ1) is 11.9. The zero-order valence-corrected chi connectivity index (χ0v) is 12.8. The van der Waals surface area contributed by atoms with Gasteiger partial charge in [0.15, 0.2) is 11.5 Å². The minimum absolute atomic E-state index is 0.0877. The van der Waals surface area contributed by atoms with Crippen LogP contribution in [0.25, 0.3) is 11.2 Å². The third-order valence-electron chi connectivity index (χ3n) is 3.35. The van der Waals surface area contributed by atoms with E-state index >= 15 is 0 Å². The summed E-state index contributed by atoms with van der Waals surface area (Å²) < 4.78 is 42.7. The first-order valence-corrected chi connectivity index (χ1v) is 7.29. The van der Waals surface area contributed by atoms with E-state index in [1.165, 1.54) is 24.8 Å². The zero-order chi connectivity index (χ0) is 17.9. The zero-order valence-electron chi connectivity index (χ0n) is 12.8. The van der Waals surface area contributed by atoms with Crippen LogP contribution in [0.1, 0.15) is 5.56 Å². The summed E-state index contributed by atoms with van der Waals surface area (Å²) in [6.45, 7) is 0.0430. The number of nitrogens with one attached hydrogen (secondary N) is 2.